The zero-order chi connectivity index (χ0) is 23.7. The summed E-state index contributed by atoms with van der Waals surface area (Å²) in [7, 11) is 0. The van der Waals surface area contributed by atoms with Crippen molar-refractivity contribution >= 4 is 17.6 Å². The highest BCUT2D eigenvalue weighted by atomic mass is 16.5. The predicted molar refractivity (Wildman–Crippen MR) is 124 cm³/mol. The van der Waals surface area contributed by atoms with Crippen LogP contribution in [0.25, 0.3) is 0 Å². The minimum absolute atomic E-state index is 0.0482. The molecular weight excluding hydrogens is 418 g/mol. The molecule has 2 unspecified atom stereocenters. The molecule has 0 radical (unpaired) electrons. The van der Waals surface area contributed by atoms with E-state index in [-0.39, 0.29) is 42.2 Å². The Morgan fingerprint density at radius 1 is 1.36 bits per heavy atom. The van der Waals surface area contributed by atoms with E-state index in [1.807, 2.05) is 32.0 Å². The summed E-state index contributed by atoms with van der Waals surface area (Å²) < 4.78 is 5.64. The molecule has 1 heterocycles. The molecule has 1 aliphatic heterocycles. The van der Waals surface area contributed by atoms with Gasteiger partial charge in [0.2, 0.25) is 5.91 Å². The molecule has 0 aromatic heterocycles. The van der Waals surface area contributed by atoms with Crippen LogP contribution < -0.4 is 10.5 Å². The topological polar surface area (TPSA) is 136 Å². The number of benzene rings is 2. The first-order valence-corrected chi connectivity index (χ1v) is 11.0. The second-order valence-corrected chi connectivity index (χ2v) is 8.63. The van der Waals surface area contributed by atoms with Crippen LogP contribution in [0.1, 0.15) is 54.1 Å². The van der Waals surface area contributed by atoms with Crippen LogP contribution in [-0.2, 0) is 11.2 Å². The molecule has 0 saturated carbocycles. The largest absolute Gasteiger partial charge is 0.490 e. The molecule has 170 valence electrons. The number of likely N-dealkylation sites (tertiary alicyclic amines) is 1. The number of aliphatic imine (C=N–C) groups is 1. The molecule has 2 aliphatic rings. The monoisotopic (exact) mass is 445 g/mol. The third kappa shape index (κ3) is 4.20. The number of nitriles is 1. The van der Waals surface area contributed by atoms with E-state index < -0.39 is 0 Å². The minimum atomic E-state index is -0.0730. The van der Waals surface area contributed by atoms with Crippen LogP contribution in [0.3, 0.4) is 0 Å². The lowest BCUT2D eigenvalue weighted by molar-refractivity contribution is -0.129. The van der Waals surface area contributed by atoms with Crippen molar-refractivity contribution in [2.45, 2.75) is 38.8 Å². The number of aliphatic hydroxyl groups is 1. The number of amidine groups is 2. The van der Waals surface area contributed by atoms with E-state index in [0.717, 1.165) is 16.7 Å². The Hall–Kier alpha value is -3.70. The quantitative estimate of drug-likeness (QED) is 0.464. The van der Waals surface area contributed by atoms with Gasteiger partial charge in [-0.2, -0.15) is 5.26 Å². The molecule has 0 bridgehead atoms. The summed E-state index contributed by atoms with van der Waals surface area (Å²) in [6.07, 6.45) is 1.08. The van der Waals surface area contributed by atoms with Gasteiger partial charge in [0.1, 0.15) is 17.7 Å². The van der Waals surface area contributed by atoms with Gasteiger partial charge >= 0.3 is 0 Å². The molecule has 4 rings (SSSR count). The smallest absolute Gasteiger partial charge is 0.223 e. The van der Waals surface area contributed by atoms with Gasteiger partial charge in [-0.05, 0) is 55.5 Å². The number of nitrogens with one attached hydrogen (secondary N) is 1. The summed E-state index contributed by atoms with van der Waals surface area (Å²) in [5.74, 6) is 0.858. The van der Waals surface area contributed by atoms with Gasteiger partial charge in [0, 0.05) is 24.1 Å². The molecule has 1 fully saturated rings. The number of nitrogens with zero attached hydrogens (tertiary/aromatic N) is 3. The molecular formula is C25H27N5O3. The zero-order valence-electron chi connectivity index (χ0n) is 18.7. The van der Waals surface area contributed by atoms with Gasteiger partial charge in [0.15, 0.2) is 5.84 Å². The summed E-state index contributed by atoms with van der Waals surface area (Å²) in [5, 5.41) is 27.3. The minimum Gasteiger partial charge on any atom is -0.490 e. The van der Waals surface area contributed by atoms with Crippen LogP contribution in [0.5, 0.6) is 5.75 Å². The first kappa shape index (κ1) is 22.5. The Bertz CT molecular complexity index is 1180. The SMILES string of the molecule is CC(C)Oc1ccc(C(=N)N=C(N)c2cccc3c2CC2CC(=O)N(CCO)C32)cc1C#N. The van der Waals surface area contributed by atoms with E-state index in [2.05, 4.69) is 11.1 Å². The third-order valence-electron chi connectivity index (χ3n) is 6.12. The molecule has 8 heteroatoms. The van der Waals surface area contributed by atoms with E-state index in [1.54, 1.807) is 23.1 Å². The van der Waals surface area contributed by atoms with Gasteiger partial charge in [-0.3, -0.25) is 10.2 Å². The summed E-state index contributed by atoms with van der Waals surface area (Å²) in [4.78, 5) is 18.4. The predicted octanol–water partition coefficient (Wildman–Crippen LogP) is 2.51. The molecule has 2 atom stereocenters. The van der Waals surface area contributed by atoms with Crippen LogP contribution in [0.4, 0.5) is 0 Å². The molecule has 1 aliphatic carbocycles. The highest BCUT2D eigenvalue weighted by molar-refractivity contribution is 6.10. The van der Waals surface area contributed by atoms with Crippen molar-refractivity contribution in [1.82, 2.24) is 4.90 Å². The van der Waals surface area contributed by atoms with Gasteiger partial charge in [-0.15, -0.1) is 0 Å². The van der Waals surface area contributed by atoms with E-state index >= 15 is 0 Å². The van der Waals surface area contributed by atoms with Crippen LogP contribution in [-0.4, -0.2) is 46.8 Å². The number of aliphatic hydroxyl groups excluding tert-OH is 1. The fourth-order valence-electron chi connectivity index (χ4n) is 4.82. The number of nitrogens with two attached hydrogens (primary N) is 1. The molecule has 33 heavy (non-hydrogen) atoms. The highest BCUT2D eigenvalue weighted by Crippen LogP contribution is 2.47. The number of hydrogen-bond acceptors (Lipinski definition) is 5. The lowest BCUT2D eigenvalue weighted by atomic mass is 10.0. The van der Waals surface area contributed by atoms with Gasteiger partial charge < -0.3 is 20.5 Å². The maximum atomic E-state index is 12.4. The van der Waals surface area contributed by atoms with Crippen molar-refractivity contribution in [3.63, 3.8) is 0 Å². The number of fused-ring (bicyclic) bond motifs is 3. The van der Waals surface area contributed by atoms with Gasteiger partial charge in [0.05, 0.1) is 24.3 Å². The first-order valence-electron chi connectivity index (χ1n) is 11.0. The molecule has 1 amide bonds. The summed E-state index contributed by atoms with van der Waals surface area (Å²) in [5.41, 5.74) is 9.97. The Morgan fingerprint density at radius 3 is 2.85 bits per heavy atom. The lowest BCUT2D eigenvalue weighted by Crippen LogP contribution is -2.30. The van der Waals surface area contributed by atoms with Crippen molar-refractivity contribution < 1.29 is 14.6 Å². The summed E-state index contributed by atoms with van der Waals surface area (Å²) in [6.45, 7) is 4.01. The maximum absolute atomic E-state index is 12.4. The van der Waals surface area contributed by atoms with Gasteiger partial charge in [-0.1, -0.05) is 18.2 Å². The Morgan fingerprint density at radius 2 is 2.15 bits per heavy atom. The average molecular weight is 446 g/mol. The second kappa shape index (κ2) is 9.04. The number of carbonyl (C=O) groups excluding carboxylic acids is 1. The molecule has 4 N–H and O–H groups in total. The van der Waals surface area contributed by atoms with Crippen molar-refractivity contribution in [3.8, 4) is 11.8 Å². The fraction of sp³-hybridized carbons (Fsp3) is 0.360. The Kier molecular flexibility index (Phi) is 6.16. The molecule has 1 saturated heterocycles. The maximum Gasteiger partial charge on any atom is 0.223 e. The molecule has 2 aromatic rings. The first-order chi connectivity index (χ1) is 15.8. The zero-order valence-corrected chi connectivity index (χ0v) is 18.7. The average Bonchev–Trinajstić information content (AvgIpc) is 3.28. The van der Waals surface area contributed by atoms with Crippen molar-refractivity contribution in [1.29, 1.82) is 10.7 Å². The van der Waals surface area contributed by atoms with Crippen molar-refractivity contribution in [3.05, 3.63) is 64.2 Å². The number of ether oxygens (including phenoxy) is 1. The van der Waals surface area contributed by atoms with Crippen LogP contribution in [0.2, 0.25) is 0 Å². The van der Waals surface area contributed by atoms with Crippen molar-refractivity contribution in [2.24, 2.45) is 16.6 Å². The van der Waals surface area contributed by atoms with E-state index in [9.17, 15) is 15.2 Å². The van der Waals surface area contributed by atoms with E-state index in [4.69, 9.17) is 15.9 Å². The number of rotatable bonds is 6. The van der Waals surface area contributed by atoms with Crippen LogP contribution in [0.15, 0.2) is 41.4 Å². The normalized spacial score (nSPS) is 19.4. The van der Waals surface area contributed by atoms with E-state index in [0.29, 0.717) is 36.3 Å². The number of hydrogen-bond donors (Lipinski definition) is 3. The van der Waals surface area contributed by atoms with Gasteiger partial charge in [0.25, 0.3) is 0 Å². The molecule has 8 nitrogen and oxygen atoms in total. The standard InChI is InChI=1S/C25H27N5O3/c1-14(2)33-21-7-6-15(10-17(21)13-26)24(27)29-25(28)19-5-3-4-18-20(19)11-16-12-22(32)30(8-9-31)23(16)18/h3-7,10,14,16,23,31H,8-9,11-12H2,1-2H3,(H3,27,28,29). The van der Waals surface area contributed by atoms with Crippen LogP contribution >= 0.6 is 0 Å². The summed E-state index contributed by atoms with van der Waals surface area (Å²) >= 11 is 0. The summed E-state index contributed by atoms with van der Waals surface area (Å²) in [6, 6.07) is 12.7. The van der Waals surface area contributed by atoms with Gasteiger partial charge in [-0.25, -0.2) is 4.99 Å². The highest BCUT2D eigenvalue weighted by Gasteiger charge is 2.45. The Balaban J connectivity index is 1.63. The molecule has 2 aromatic carbocycles. The number of β-amino-alcohol motifs (C(OH)–C–C–N with tert-alkyl or cyclic N) is 1. The lowest BCUT2D eigenvalue weighted by Gasteiger charge is -2.24. The fourth-order valence-corrected chi connectivity index (χ4v) is 4.82. The number of amides is 1. The Labute approximate surface area is 192 Å². The van der Waals surface area contributed by atoms with Crippen molar-refractivity contribution in [2.75, 3.05) is 13.2 Å². The van der Waals surface area contributed by atoms with Crippen LogP contribution in [0, 0.1) is 22.7 Å². The number of carbonyl (C=O) groups is 1. The third-order valence-corrected chi connectivity index (χ3v) is 6.12. The van der Waals surface area contributed by atoms with E-state index in [1.165, 1.54) is 0 Å². The second-order valence-electron chi connectivity index (χ2n) is 8.63. The molecule has 0 spiro atoms.